The van der Waals surface area contributed by atoms with Gasteiger partial charge < -0.3 is 14.4 Å². The largest absolute Gasteiger partial charge is 0.497 e. The standard InChI is InChI=1S/C22H26N2O3/c1-26-18-6-4-7-19(15-18)27-20-10-11-23(16-20)13-14-24-12-9-17-5-2-3-8-21(17)22(24)25/h2-8,15,20H,9-14,16H2,1H3. The SMILES string of the molecule is COc1cccc(OC2CCN(CCN3CCc4ccccc4C3=O)C2)c1. The molecular formula is C22H26N2O3. The van der Waals surface area contributed by atoms with Crippen LogP contribution in [0.15, 0.2) is 48.5 Å². The van der Waals surface area contributed by atoms with Gasteiger partial charge in [-0.05, 0) is 36.6 Å². The molecule has 0 aliphatic carbocycles. The van der Waals surface area contributed by atoms with Gasteiger partial charge in [0.15, 0.2) is 0 Å². The smallest absolute Gasteiger partial charge is 0.254 e. The Labute approximate surface area is 160 Å². The number of amides is 1. The number of fused-ring (bicyclic) bond motifs is 1. The van der Waals surface area contributed by atoms with E-state index >= 15 is 0 Å². The third kappa shape index (κ3) is 4.08. The highest BCUT2D eigenvalue weighted by Crippen LogP contribution is 2.23. The third-order valence-corrected chi connectivity index (χ3v) is 5.45. The van der Waals surface area contributed by atoms with Crippen LogP contribution in [0, 0.1) is 0 Å². The molecule has 2 aromatic carbocycles. The molecule has 27 heavy (non-hydrogen) atoms. The zero-order chi connectivity index (χ0) is 18.6. The second-order valence-corrected chi connectivity index (χ2v) is 7.21. The lowest BCUT2D eigenvalue weighted by Gasteiger charge is -2.30. The van der Waals surface area contributed by atoms with E-state index < -0.39 is 0 Å². The summed E-state index contributed by atoms with van der Waals surface area (Å²) in [6.45, 7) is 4.39. The summed E-state index contributed by atoms with van der Waals surface area (Å²) in [6.07, 6.45) is 2.15. The van der Waals surface area contributed by atoms with Crippen LogP contribution in [0.4, 0.5) is 0 Å². The van der Waals surface area contributed by atoms with Crippen molar-refractivity contribution in [2.24, 2.45) is 0 Å². The number of carbonyl (C=O) groups is 1. The fraction of sp³-hybridized carbons (Fsp3) is 0.409. The molecular weight excluding hydrogens is 340 g/mol. The minimum Gasteiger partial charge on any atom is -0.497 e. The number of methoxy groups -OCH3 is 1. The van der Waals surface area contributed by atoms with Gasteiger partial charge in [-0.3, -0.25) is 9.69 Å². The summed E-state index contributed by atoms with van der Waals surface area (Å²) in [5.41, 5.74) is 2.04. The molecule has 4 rings (SSSR count). The van der Waals surface area contributed by atoms with Crippen LogP contribution < -0.4 is 9.47 Å². The lowest BCUT2D eigenvalue weighted by Crippen LogP contribution is -2.42. The van der Waals surface area contributed by atoms with Crippen molar-refractivity contribution < 1.29 is 14.3 Å². The van der Waals surface area contributed by atoms with Crippen molar-refractivity contribution in [1.29, 1.82) is 0 Å². The Balaban J connectivity index is 1.27. The summed E-state index contributed by atoms with van der Waals surface area (Å²) < 4.78 is 11.4. The van der Waals surface area contributed by atoms with Crippen molar-refractivity contribution in [2.45, 2.75) is 18.9 Å². The second kappa shape index (κ2) is 8.01. The molecule has 0 bridgehead atoms. The number of carbonyl (C=O) groups excluding carboxylic acids is 1. The molecule has 2 aliphatic rings. The molecule has 0 saturated carbocycles. The Morgan fingerprint density at radius 3 is 2.78 bits per heavy atom. The molecule has 1 fully saturated rings. The van der Waals surface area contributed by atoms with Gasteiger partial charge in [0, 0.05) is 44.4 Å². The van der Waals surface area contributed by atoms with Gasteiger partial charge in [-0.15, -0.1) is 0 Å². The van der Waals surface area contributed by atoms with E-state index in [2.05, 4.69) is 11.0 Å². The normalized spacial score (nSPS) is 19.8. The number of rotatable bonds is 6. The zero-order valence-corrected chi connectivity index (χ0v) is 15.8. The number of nitrogens with zero attached hydrogens (tertiary/aromatic N) is 2. The summed E-state index contributed by atoms with van der Waals surface area (Å²) in [6, 6.07) is 15.7. The molecule has 5 nitrogen and oxygen atoms in total. The molecule has 2 aromatic rings. The van der Waals surface area contributed by atoms with Gasteiger partial charge in [-0.2, -0.15) is 0 Å². The van der Waals surface area contributed by atoms with Gasteiger partial charge in [-0.1, -0.05) is 24.3 Å². The van der Waals surface area contributed by atoms with Crippen LogP contribution >= 0.6 is 0 Å². The maximum atomic E-state index is 12.7. The highest BCUT2D eigenvalue weighted by Gasteiger charge is 2.27. The Kier molecular flexibility index (Phi) is 5.30. The molecule has 1 atom stereocenters. The van der Waals surface area contributed by atoms with Crippen molar-refractivity contribution >= 4 is 5.91 Å². The summed E-state index contributed by atoms with van der Waals surface area (Å²) in [7, 11) is 1.66. The number of benzene rings is 2. The minimum atomic E-state index is 0.167. The van der Waals surface area contributed by atoms with Crippen LogP contribution in [0.5, 0.6) is 11.5 Å². The van der Waals surface area contributed by atoms with E-state index in [4.69, 9.17) is 9.47 Å². The van der Waals surface area contributed by atoms with Crippen molar-refractivity contribution in [1.82, 2.24) is 9.80 Å². The van der Waals surface area contributed by atoms with Gasteiger partial charge in [0.25, 0.3) is 5.91 Å². The molecule has 0 N–H and O–H groups in total. The van der Waals surface area contributed by atoms with Crippen molar-refractivity contribution in [3.05, 3.63) is 59.7 Å². The first-order valence-corrected chi connectivity index (χ1v) is 9.63. The van der Waals surface area contributed by atoms with E-state index in [9.17, 15) is 4.79 Å². The topological polar surface area (TPSA) is 42.0 Å². The maximum Gasteiger partial charge on any atom is 0.254 e. The Morgan fingerprint density at radius 1 is 1.04 bits per heavy atom. The molecule has 2 heterocycles. The van der Waals surface area contributed by atoms with E-state index in [1.807, 2.05) is 47.4 Å². The first-order valence-electron chi connectivity index (χ1n) is 9.63. The second-order valence-electron chi connectivity index (χ2n) is 7.21. The van der Waals surface area contributed by atoms with Gasteiger partial charge in [-0.25, -0.2) is 0 Å². The number of hydrogen-bond donors (Lipinski definition) is 0. The maximum absolute atomic E-state index is 12.7. The minimum absolute atomic E-state index is 0.167. The lowest BCUT2D eigenvalue weighted by molar-refractivity contribution is 0.0722. The number of likely N-dealkylation sites (tertiary alicyclic amines) is 1. The number of hydrogen-bond acceptors (Lipinski definition) is 4. The van der Waals surface area contributed by atoms with Crippen LogP contribution in [0.2, 0.25) is 0 Å². The number of ether oxygens (including phenoxy) is 2. The summed E-state index contributed by atoms with van der Waals surface area (Å²) >= 11 is 0. The summed E-state index contributed by atoms with van der Waals surface area (Å²) in [4.78, 5) is 17.0. The van der Waals surface area contributed by atoms with E-state index in [0.717, 1.165) is 62.6 Å². The van der Waals surface area contributed by atoms with Gasteiger partial charge >= 0.3 is 0 Å². The molecule has 1 saturated heterocycles. The zero-order valence-electron chi connectivity index (χ0n) is 15.8. The van der Waals surface area contributed by atoms with Gasteiger partial charge in [0.05, 0.1) is 7.11 Å². The third-order valence-electron chi connectivity index (χ3n) is 5.45. The van der Waals surface area contributed by atoms with Crippen LogP contribution in [-0.2, 0) is 6.42 Å². The first kappa shape index (κ1) is 17.9. The van der Waals surface area contributed by atoms with Crippen molar-refractivity contribution in [3.63, 3.8) is 0 Å². The first-order chi connectivity index (χ1) is 13.2. The Hall–Kier alpha value is -2.53. The summed E-state index contributed by atoms with van der Waals surface area (Å²) in [5, 5.41) is 0. The molecule has 1 unspecified atom stereocenters. The quantitative estimate of drug-likeness (QED) is 0.788. The van der Waals surface area contributed by atoms with Crippen LogP contribution in [-0.4, -0.2) is 61.6 Å². The summed E-state index contributed by atoms with van der Waals surface area (Å²) in [5.74, 6) is 1.83. The van der Waals surface area contributed by atoms with E-state index in [1.165, 1.54) is 5.56 Å². The molecule has 1 amide bonds. The molecule has 5 heteroatoms. The van der Waals surface area contributed by atoms with Gasteiger partial charge in [0.1, 0.15) is 17.6 Å². The van der Waals surface area contributed by atoms with Crippen LogP contribution in [0.3, 0.4) is 0 Å². The average molecular weight is 366 g/mol. The predicted octanol–water partition coefficient (Wildman–Crippen LogP) is 2.85. The Morgan fingerprint density at radius 2 is 1.89 bits per heavy atom. The average Bonchev–Trinajstić information content (AvgIpc) is 3.15. The fourth-order valence-electron chi connectivity index (χ4n) is 3.91. The fourth-order valence-corrected chi connectivity index (χ4v) is 3.91. The van der Waals surface area contributed by atoms with Crippen LogP contribution in [0.1, 0.15) is 22.3 Å². The van der Waals surface area contributed by atoms with Crippen LogP contribution in [0.25, 0.3) is 0 Å². The lowest BCUT2D eigenvalue weighted by atomic mass is 9.99. The van der Waals surface area contributed by atoms with E-state index in [-0.39, 0.29) is 12.0 Å². The molecule has 142 valence electrons. The monoisotopic (exact) mass is 366 g/mol. The Bertz CT molecular complexity index is 808. The van der Waals surface area contributed by atoms with Crippen molar-refractivity contribution in [2.75, 3.05) is 39.8 Å². The molecule has 0 aromatic heterocycles. The van der Waals surface area contributed by atoms with Gasteiger partial charge in [0.2, 0.25) is 0 Å². The van der Waals surface area contributed by atoms with Crippen molar-refractivity contribution in [3.8, 4) is 11.5 Å². The predicted molar refractivity (Wildman–Crippen MR) is 105 cm³/mol. The highest BCUT2D eigenvalue weighted by atomic mass is 16.5. The molecule has 0 radical (unpaired) electrons. The van der Waals surface area contributed by atoms with E-state index in [1.54, 1.807) is 7.11 Å². The highest BCUT2D eigenvalue weighted by molar-refractivity contribution is 5.96. The van der Waals surface area contributed by atoms with E-state index in [0.29, 0.717) is 0 Å². The molecule has 0 spiro atoms. The molecule has 2 aliphatic heterocycles.